The second kappa shape index (κ2) is 2.67. The molecule has 0 spiro atoms. The molecule has 0 unspecified atom stereocenters. The molecule has 1 aliphatic heterocycles. The Hall–Kier alpha value is -0.0800. The summed E-state index contributed by atoms with van der Waals surface area (Å²) in [5.74, 6) is 0. The number of ether oxygens (including phenoxy) is 1. The predicted molar refractivity (Wildman–Crippen MR) is 35.2 cm³/mol. The second-order valence-corrected chi connectivity index (χ2v) is 2.70. The van der Waals surface area contributed by atoms with E-state index in [1.54, 1.807) is 0 Å². The summed E-state index contributed by atoms with van der Waals surface area (Å²) in [6.07, 6.45) is 1.86. The fourth-order valence-corrected chi connectivity index (χ4v) is 1.30. The molecule has 0 aliphatic carbocycles. The average Bonchev–Trinajstić information content (AvgIpc) is 2.10. The molecule has 0 radical (unpaired) electrons. The zero-order valence-corrected chi connectivity index (χ0v) is 6.00. The molecular weight excluding hydrogens is 116 g/mol. The van der Waals surface area contributed by atoms with E-state index in [0.717, 1.165) is 12.8 Å². The SMILES string of the molecule is CC[C@@H]1O[C@H](C)C[C@@H]1O. The molecule has 0 amide bonds. The van der Waals surface area contributed by atoms with Gasteiger partial charge in [-0.2, -0.15) is 0 Å². The smallest absolute Gasteiger partial charge is 0.0835 e. The maximum atomic E-state index is 9.23. The Labute approximate surface area is 55.8 Å². The van der Waals surface area contributed by atoms with Crippen LogP contribution in [-0.2, 0) is 4.74 Å². The van der Waals surface area contributed by atoms with Crippen molar-refractivity contribution >= 4 is 0 Å². The van der Waals surface area contributed by atoms with Crippen LogP contribution in [0.25, 0.3) is 0 Å². The van der Waals surface area contributed by atoms with Crippen molar-refractivity contribution in [2.75, 3.05) is 0 Å². The van der Waals surface area contributed by atoms with Crippen LogP contribution in [0.4, 0.5) is 0 Å². The van der Waals surface area contributed by atoms with Gasteiger partial charge in [0.05, 0.1) is 18.3 Å². The minimum absolute atomic E-state index is 0.0972. The standard InChI is InChI=1S/C7H14O2/c1-3-7-6(8)4-5(2)9-7/h5-8H,3-4H2,1-2H3/t5-,6+,7+/m1/s1. The lowest BCUT2D eigenvalue weighted by molar-refractivity contribution is 0.0144. The van der Waals surface area contributed by atoms with E-state index >= 15 is 0 Å². The van der Waals surface area contributed by atoms with Crippen molar-refractivity contribution in [1.82, 2.24) is 0 Å². The van der Waals surface area contributed by atoms with E-state index in [-0.39, 0.29) is 18.3 Å². The van der Waals surface area contributed by atoms with Gasteiger partial charge in [-0.25, -0.2) is 0 Å². The van der Waals surface area contributed by atoms with E-state index in [4.69, 9.17) is 4.74 Å². The minimum Gasteiger partial charge on any atom is -0.390 e. The second-order valence-electron chi connectivity index (χ2n) is 2.70. The van der Waals surface area contributed by atoms with Crippen LogP contribution < -0.4 is 0 Å². The Morgan fingerprint density at radius 3 is 2.56 bits per heavy atom. The quantitative estimate of drug-likeness (QED) is 0.572. The largest absolute Gasteiger partial charge is 0.390 e. The highest BCUT2D eigenvalue weighted by molar-refractivity contribution is 4.78. The molecule has 54 valence electrons. The van der Waals surface area contributed by atoms with E-state index in [1.165, 1.54) is 0 Å². The summed E-state index contributed by atoms with van der Waals surface area (Å²) in [6.45, 7) is 4.03. The molecule has 2 nitrogen and oxygen atoms in total. The van der Waals surface area contributed by atoms with Gasteiger partial charge in [0.15, 0.2) is 0 Å². The van der Waals surface area contributed by atoms with Crippen molar-refractivity contribution in [2.45, 2.75) is 45.0 Å². The molecule has 0 aromatic heterocycles. The molecule has 0 aromatic rings. The molecule has 0 aromatic carbocycles. The number of aliphatic hydroxyl groups is 1. The number of rotatable bonds is 1. The van der Waals surface area contributed by atoms with Crippen LogP contribution in [0.1, 0.15) is 26.7 Å². The summed E-state index contributed by atoms with van der Waals surface area (Å²) in [4.78, 5) is 0. The van der Waals surface area contributed by atoms with E-state index in [2.05, 4.69) is 0 Å². The first kappa shape index (κ1) is 7.03. The third-order valence-electron chi connectivity index (χ3n) is 1.81. The molecule has 1 rings (SSSR count). The van der Waals surface area contributed by atoms with Crippen LogP contribution in [0.2, 0.25) is 0 Å². The third kappa shape index (κ3) is 1.43. The zero-order valence-electron chi connectivity index (χ0n) is 6.00. The van der Waals surface area contributed by atoms with Crippen LogP contribution in [0.5, 0.6) is 0 Å². The van der Waals surface area contributed by atoms with Gasteiger partial charge in [-0.3, -0.25) is 0 Å². The van der Waals surface area contributed by atoms with Crippen LogP contribution in [0.3, 0.4) is 0 Å². The summed E-state index contributed by atoms with van der Waals surface area (Å²) in [7, 11) is 0. The fourth-order valence-electron chi connectivity index (χ4n) is 1.30. The van der Waals surface area contributed by atoms with E-state index in [9.17, 15) is 5.11 Å². The lowest BCUT2D eigenvalue weighted by Crippen LogP contribution is -2.18. The van der Waals surface area contributed by atoms with E-state index in [0.29, 0.717) is 0 Å². The summed E-state index contributed by atoms with van der Waals surface area (Å²) in [5, 5.41) is 9.23. The van der Waals surface area contributed by atoms with Gasteiger partial charge in [-0.05, 0) is 13.3 Å². The zero-order chi connectivity index (χ0) is 6.85. The van der Waals surface area contributed by atoms with Gasteiger partial charge in [-0.1, -0.05) is 6.92 Å². The normalized spacial score (nSPS) is 43.7. The van der Waals surface area contributed by atoms with Gasteiger partial charge in [0.1, 0.15) is 0 Å². The van der Waals surface area contributed by atoms with Gasteiger partial charge in [-0.15, -0.1) is 0 Å². The highest BCUT2D eigenvalue weighted by Crippen LogP contribution is 2.21. The summed E-state index contributed by atoms with van der Waals surface area (Å²) >= 11 is 0. The first-order valence-electron chi connectivity index (χ1n) is 3.57. The summed E-state index contributed by atoms with van der Waals surface area (Å²) < 4.78 is 5.37. The molecule has 0 saturated carbocycles. The van der Waals surface area contributed by atoms with Crippen molar-refractivity contribution in [3.63, 3.8) is 0 Å². The van der Waals surface area contributed by atoms with Gasteiger partial charge in [0.2, 0.25) is 0 Å². The van der Waals surface area contributed by atoms with Gasteiger partial charge >= 0.3 is 0 Å². The Balaban J connectivity index is 2.38. The molecule has 3 atom stereocenters. The maximum absolute atomic E-state index is 9.23. The van der Waals surface area contributed by atoms with Crippen LogP contribution >= 0.6 is 0 Å². The highest BCUT2D eigenvalue weighted by atomic mass is 16.5. The number of aliphatic hydroxyl groups excluding tert-OH is 1. The average molecular weight is 130 g/mol. The molecular formula is C7H14O2. The van der Waals surface area contributed by atoms with E-state index in [1.807, 2.05) is 13.8 Å². The lowest BCUT2D eigenvalue weighted by Gasteiger charge is -2.09. The Morgan fingerprint density at radius 2 is 2.33 bits per heavy atom. The Morgan fingerprint density at radius 1 is 1.67 bits per heavy atom. The van der Waals surface area contributed by atoms with Crippen LogP contribution in [0.15, 0.2) is 0 Å². The molecule has 1 fully saturated rings. The van der Waals surface area contributed by atoms with E-state index < -0.39 is 0 Å². The monoisotopic (exact) mass is 130 g/mol. The van der Waals surface area contributed by atoms with Crippen molar-refractivity contribution < 1.29 is 9.84 Å². The van der Waals surface area contributed by atoms with Crippen molar-refractivity contribution in [2.24, 2.45) is 0 Å². The molecule has 1 N–H and O–H groups in total. The van der Waals surface area contributed by atoms with Crippen LogP contribution in [-0.4, -0.2) is 23.4 Å². The molecule has 1 saturated heterocycles. The molecule has 2 heteroatoms. The van der Waals surface area contributed by atoms with Crippen LogP contribution in [0, 0.1) is 0 Å². The molecule has 0 bridgehead atoms. The molecule has 1 aliphatic rings. The molecule has 9 heavy (non-hydrogen) atoms. The summed E-state index contributed by atoms with van der Waals surface area (Å²) in [6, 6.07) is 0. The highest BCUT2D eigenvalue weighted by Gasteiger charge is 2.29. The minimum atomic E-state index is -0.218. The number of hydrogen-bond acceptors (Lipinski definition) is 2. The fraction of sp³-hybridized carbons (Fsp3) is 1.00. The maximum Gasteiger partial charge on any atom is 0.0835 e. The Kier molecular flexibility index (Phi) is 2.09. The Bertz CT molecular complexity index is 92.9. The first-order chi connectivity index (χ1) is 4.24. The predicted octanol–water partition coefficient (Wildman–Crippen LogP) is 0.935. The lowest BCUT2D eigenvalue weighted by atomic mass is 10.1. The number of hydrogen-bond donors (Lipinski definition) is 1. The van der Waals surface area contributed by atoms with Crippen molar-refractivity contribution in [3.8, 4) is 0 Å². The first-order valence-corrected chi connectivity index (χ1v) is 3.57. The topological polar surface area (TPSA) is 29.5 Å². The van der Waals surface area contributed by atoms with Crippen molar-refractivity contribution in [3.05, 3.63) is 0 Å². The third-order valence-corrected chi connectivity index (χ3v) is 1.81. The summed E-state index contributed by atoms with van der Waals surface area (Å²) in [5.41, 5.74) is 0. The molecule has 1 heterocycles. The van der Waals surface area contributed by atoms with Crippen molar-refractivity contribution in [1.29, 1.82) is 0 Å². The van der Waals surface area contributed by atoms with Gasteiger partial charge in [0.25, 0.3) is 0 Å². The van der Waals surface area contributed by atoms with Gasteiger partial charge < -0.3 is 9.84 Å². The van der Waals surface area contributed by atoms with Gasteiger partial charge in [0, 0.05) is 6.42 Å².